The molecule has 0 amide bonds. The Hall–Kier alpha value is -1.02. The van der Waals surface area contributed by atoms with E-state index in [1.165, 1.54) is 0 Å². The Balaban J connectivity index is 3.15. The highest BCUT2D eigenvalue weighted by molar-refractivity contribution is 6.31. The predicted octanol–water partition coefficient (Wildman–Crippen LogP) is 3.61. The van der Waals surface area contributed by atoms with Crippen LogP contribution < -0.4 is 0 Å². The molecule has 0 spiro atoms. The molecule has 0 fully saturated rings. The SMILES string of the molecule is Cc1ccc(Cl)c(C)c1CC(C)(C)C(=O)O. The molecule has 1 aromatic rings. The van der Waals surface area contributed by atoms with Crippen LogP contribution in [-0.2, 0) is 11.2 Å². The molecule has 0 aliphatic carbocycles. The Labute approximate surface area is 101 Å². The molecule has 0 heterocycles. The second-order valence-electron chi connectivity index (χ2n) is 4.83. The summed E-state index contributed by atoms with van der Waals surface area (Å²) in [7, 11) is 0. The first-order valence-corrected chi connectivity index (χ1v) is 5.61. The van der Waals surface area contributed by atoms with Crippen molar-refractivity contribution in [1.82, 2.24) is 0 Å². The number of benzene rings is 1. The number of hydrogen-bond acceptors (Lipinski definition) is 1. The number of carboxylic acids is 1. The van der Waals surface area contributed by atoms with Crippen molar-refractivity contribution in [3.05, 3.63) is 33.8 Å². The first-order valence-electron chi connectivity index (χ1n) is 5.23. The monoisotopic (exact) mass is 240 g/mol. The van der Waals surface area contributed by atoms with Crippen LogP contribution in [0.25, 0.3) is 0 Å². The first-order chi connectivity index (χ1) is 7.25. The second kappa shape index (κ2) is 4.46. The third-order valence-electron chi connectivity index (χ3n) is 2.96. The van der Waals surface area contributed by atoms with Gasteiger partial charge in [0.15, 0.2) is 0 Å². The molecule has 0 aliphatic heterocycles. The molecule has 88 valence electrons. The third-order valence-corrected chi connectivity index (χ3v) is 3.37. The van der Waals surface area contributed by atoms with Gasteiger partial charge >= 0.3 is 5.97 Å². The smallest absolute Gasteiger partial charge is 0.309 e. The summed E-state index contributed by atoms with van der Waals surface area (Å²) in [5.41, 5.74) is 2.35. The summed E-state index contributed by atoms with van der Waals surface area (Å²) < 4.78 is 0. The van der Waals surface area contributed by atoms with Gasteiger partial charge in [-0.2, -0.15) is 0 Å². The molecule has 0 unspecified atom stereocenters. The van der Waals surface area contributed by atoms with Crippen LogP contribution in [0.2, 0.25) is 5.02 Å². The van der Waals surface area contributed by atoms with E-state index in [2.05, 4.69) is 0 Å². The molecule has 16 heavy (non-hydrogen) atoms. The van der Waals surface area contributed by atoms with E-state index in [-0.39, 0.29) is 0 Å². The molecule has 1 aromatic carbocycles. The lowest BCUT2D eigenvalue weighted by molar-refractivity contribution is -0.146. The van der Waals surface area contributed by atoms with E-state index in [1.54, 1.807) is 13.8 Å². The Morgan fingerprint density at radius 2 is 1.94 bits per heavy atom. The van der Waals surface area contributed by atoms with Crippen molar-refractivity contribution >= 4 is 17.6 Å². The third kappa shape index (κ3) is 2.56. The molecule has 0 aromatic heterocycles. The zero-order valence-electron chi connectivity index (χ0n) is 10.1. The Morgan fingerprint density at radius 3 is 2.44 bits per heavy atom. The van der Waals surface area contributed by atoms with E-state index in [1.807, 2.05) is 26.0 Å². The van der Waals surface area contributed by atoms with Gasteiger partial charge in [-0.1, -0.05) is 17.7 Å². The van der Waals surface area contributed by atoms with Gasteiger partial charge in [-0.05, 0) is 56.9 Å². The normalized spacial score (nSPS) is 11.6. The summed E-state index contributed by atoms with van der Waals surface area (Å²) in [5.74, 6) is -0.786. The van der Waals surface area contributed by atoms with Crippen molar-refractivity contribution in [3.63, 3.8) is 0 Å². The molecule has 0 saturated heterocycles. The number of rotatable bonds is 3. The van der Waals surface area contributed by atoms with Crippen molar-refractivity contribution in [1.29, 1.82) is 0 Å². The molecule has 3 heteroatoms. The van der Waals surface area contributed by atoms with Crippen LogP contribution in [0.1, 0.15) is 30.5 Å². The molecule has 0 atom stereocenters. The average molecular weight is 241 g/mol. The Bertz CT molecular complexity index is 422. The van der Waals surface area contributed by atoms with Crippen LogP contribution >= 0.6 is 11.6 Å². The zero-order chi connectivity index (χ0) is 12.5. The maximum absolute atomic E-state index is 11.1. The fourth-order valence-corrected chi connectivity index (χ4v) is 1.83. The second-order valence-corrected chi connectivity index (χ2v) is 5.24. The minimum Gasteiger partial charge on any atom is -0.481 e. The molecule has 0 saturated carbocycles. The number of halogens is 1. The van der Waals surface area contributed by atoms with Crippen molar-refractivity contribution in [2.24, 2.45) is 5.41 Å². The lowest BCUT2D eigenvalue weighted by Crippen LogP contribution is -2.27. The number of hydrogen-bond donors (Lipinski definition) is 1. The quantitative estimate of drug-likeness (QED) is 0.876. The first kappa shape index (κ1) is 13.0. The van der Waals surface area contributed by atoms with Gasteiger partial charge in [0.1, 0.15) is 0 Å². The predicted molar refractivity (Wildman–Crippen MR) is 66.0 cm³/mol. The summed E-state index contributed by atoms with van der Waals surface area (Å²) in [5, 5.41) is 9.82. The maximum Gasteiger partial charge on any atom is 0.309 e. The lowest BCUT2D eigenvalue weighted by atomic mass is 9.83. The maximum atomic E-state index is 11.1. The van der Waals surface area contributed by atoms with E-state index < -0.39 is 11.4 Å². The Morgan fingerprint density at radius 1 is 1.38 bits per heavy atom. The van der Waals surface area contributed by atoms with E-state index in [0.717, 1.165) is 16.7 Å². The highest BCUT2D eigenvalue weighted by Gasteiger charge is 2.28. The standard InChI is InChI=1S/C13H17ClO2/c1-8-5-6-11(14)9(2)10(8)7-13(3,4)12(15)16/h5-6H,7H2,1-4H3,(H,15,16). The molecule has 0 bridgehead atoms. The summed E-state index contributed by atoms with van der Waals surface area (Å²) in [4.78, 5) is 11.1. The largest absolute Gasteiger partial charge is 0.481 e. The van der Waals surface area contributed by atoms with E-state index in [4.69, 9.17) is 16.7 Å². The van der Waals surface area contributed by atoms with Gasteiger partial charge in [0.25, 0.3) is 0 Å². The minimum atomic E-state index is -0.786. The van der Waals surface area contributed by atoms with Gasteiger partial charge < -0.3 is 5.11 Å². The van der Waals surface area contributed by atoms with Crippen molar-refractivity contribution in [3.8, 4) is 0 Å². The van der Waals surface area contributed by atoms with E-state index in [9.17, 15) is 4.79 Å². The van der Waals surface area contributed by atoms with Gasteiger partial charge in [0, 0.05) is 5.02 Å². The highest BCUT2D eigenvalue weighted by atomic mass is 35.5. The van der Waals surface area contributed by atoms with Gasteiger partial charge in [-0.25, -0.2) is 0 Å². The number of aryl methyl sites for hydroxylation is 1. The van der Waals surface area contributed by atoms with Crippen LogP contribution in [0.5, 0.6) is 0 Å². The fraction of sp³-hybridized carbons (Fsp3) is 0.462. The van der Waals surface area contributed by atoms with Crippen molar-refractivity contribution in [2.45, 2.75) is 34.1 Å². The fourth-order valence-electron chi connectivity index (χ4n) is 1.65. The van der Waals surface area contributed by atoms with E-state index in [0.29, 0.717) is 11.4 Å². The van der Waals surface area contributed by atoms with Crippen LogP contribution in [0.15, 0.2) is 12.1 Å². The van der Waals surface area contributed by atoms with Crippen LogP contribution in [-0.4, -0.2) is 11.1 Å². The van der Waals surface area contributed by atoms with Gasteiger partial charge in [-0.15, -0.1) is 0 Å². The number of carbonyl (C=O) groups is 1. The molecule has 0 aliphatic rings. The van der Waals surface area contributed by atoms with Gasteiger partial charge in [-0.3, -0.25) is 4.79 Å². The summed E-state index contributed by atoms with van der Waals surface area (Å²) in [6.07, 6.45) is 0.501. The average Bonchev–Trinajstić information content (AvgIpc) is 2.18. The molecule has 0 radical (unpaired) electrons. The topological polar surface area (TPSA) is 37.3 Å². The highest BCUT2D eigenvalue weighted by Crippen LogP contribution is 2.29. The van der Waals surface area contributed by atoms with Crippen LogP contribution in [0.4, 0.5) is 0 Å². The molecular formula is C13H17ClO2. The zero-order valence-corrected chi connectivity index (χ0v) is 10.9. The lowest BCUT2D eigenvalue weighted by Gasteiger charge is -2.22. The van der Waals surface area contributed by atoms with E-state index >= 15 is 0 Å². The molecule has 1 N–H and O–H groups in total. The van der Waals surface area contributed by atoms with Crippen molar-refractivity contribution < 1.29 is 9.90 Å². The van der Waals surface area contributed by atoms with Crippen LogP contribution in [0, 0.1) is 19.3 Å². The minimum absolute atomic E-state index is 0.501. The van der Waals surface area contributed by atoms with Gasteiger partial charge in [0.05, 0.1) is 5.41 Å². The molecular weight excluding hydrogens is 224 g/mol. The summed E-state index contributed by atoms with van der Waals surface area (Å²) in [6.45, 7) is 7.38. The molecule has 1 rings (SSSR count). The van der Waals surface area contributed by atoms with Crippen molar-refractivity contribution in [2.75, 3.05) is 0 Å². The van der Waals surface area contributed by atoms with Crippen LogP contribution in [0.3, 0.4) is 0 Å². The summed E-state index contributed by atoms with van der Waals surface area (Å²) >= 11 is 6.05. The van der Waals surface area contributed by atoms with Gasteiger partial charge in [0.2, 0.25) is 0 Å². The molecule has 2 nitrogen and oxygen atoms in total. The number of carboxylic acid groups (broad SMARTS) is 1. The summed E-state index contributed by atoms with van der Waals surface area (Å²) in [6, 6.07) is 3.78. The number of aliphatic carboxylic acids is 1. The Kier molecular flexibility index (Phi) is 3.64.